The van der Waals surface area contributed by atoms with E-state index in [4.69, 9.17) is 17.1 Å². The Balaban J connectivity index is 1.91. The number of hydrogen-bond donors (Lipinski definition) is 0. The lowest BCUT2D eigenvalue weighted by molar-refractivity contribution is 0.0869. The number of anilines is 1. The highest BCUT2D eigenvalue weighted by molar-refractivity contribution is 7.80. The predicted molar refractivity (Wildman–Crippen MR) is 110 cm³/mol. The van der Waals surface area contributed by atoms with E-state index in [1.807, 2.05) is 72.8 Å². The van der Waals surface area contributed by atoms with Crippen LogP contribution in [0.3, 0.4) is 0 Å². The van der Waals surface area contributed by atoms with Crippen LogP contribution in [0.2, 0.25) is 0 Å². The molecule has 0 saturated carbocycles. The van der Waals surface area contributed by atoms with Gasteiger partial charge in [0.15, 0.2) is 5.05 Å². The van der Waals surface area contributed by atoms with Gasteiger partial charge >= 0.3 is 0 Å². The van der Waals surface area contributed by atoms with E-state index >= 15 is 0 Å². The first-order valence-electron chi connectivity index (χ1n) is 8.78. The van der Waals surface area contributed by atoms with E-state index in [0.717, 1.165) is 23.6 Å². The molecule has 3 aromatic carbocycles. The van der Waals surface area contributed by atoms with Crippen molar-refractivity contribution < 1.29 is 9.63 Å². The maximum absolute atomic E-state index is 13.1. The van der Waals surface area contributed by atoms with E-state index < -0.39 is 0 Å². The van der Waals surface area contributed by atoms with Crippen molar-refractivity contribution in [2.24, 2.45) is 0 Å². The average molecular weight is 363 g/mol. The standard InChI is InChI=1S/C22H21NO2S/c1-2-3-13-21(26)25-23(20-11-5-4-6-12-20)22(24)19-15-14-17-9-7-8-10-18(17)16-19/h4-12,14-16H,2-3,13H2,1H3. The van der Waals surface area contributed by atoms with Crippen LogP contribution < -0.4 is 5.06 Å². The Morgan fingerprint density at radius 3 is 2.38 bits per heavy atom. The fourth-order valence-corrected chi connectivity index (χ4v) is 2.90. The monoisotopic (exact) mass is 363 g/mol. The van der Waals surface area contributed by atoms with Crippen LogP contribution in [-0.4, -0.2) is 11.0 Å². The molecule has 0 bridgehead atoms. The summed E-state index contributed by atoms with van der Waals surface area (Å²) >= 11 is 5.33. The van der Waals surface area contributed by atoms with Crippen LogP contribution in [0.4, 0.5) is 5.69 Å². The lowest BCUT2D eigenvalue weighted by atomic mass is 10.1. The minimum absolute atomic E-state index is 0.235. The van der Waals surface area contributed by atoms with Crippen LogP contribution in [-0.2, 0) is 4.84 Å². The van der Waals surface area contributed by atoms with Gasteiger partial charge in [-0.3, -0.25) is 4.79 Å². The van der Waals surface area contributed by atoms with Gasteiger partial charge in [-0.15, -0.1) is 5.06 Å². The van der Waals surface area contributed by atoms with Crippen LogP contribution in [0.15, 0.2) is 72.8 Å². The molecule has 0 N–H and O–H groups in total. The Labute approximate surface area is 159 Å². The Morgan fingerprint density at radius 2 is 1.65 bits per heavy atom. The highest BCUT2D eigenvalue weighted by Gasteiger charge is 2.21. The van der Waals surface area contributed by atoms with E-state index in [1.54, 1.807) is 0 Å². The molecular weight excluding hydrogens is 342 g/mol. The molecule has 1 amide bonds. The molecule has 26 heavy (non-hydrogen) atoms. The smallest absolute Gasteiger partial charge is 0.291 e. The van der Waals surface area contributed by atoms with Crippen molar-refractivity contribution in [1.29, 1.82) is 0 Å². The molecule has 4 heteroatoms. The zero-order chi connectivity index (χ0) is 18.4. The largest absolute Gasteiger partial charge is 0.364 e. The van der Waals surface area contributed by atoms with E-state index in [0.29, 0.717) is 22.7 Å². The van der Waals surface area contributed by atoms with Crippen LogP contribution in [0.1, 0.15) is 36.5 Å². The summed E-state index contributed by atoms with van der Waals surface area (Å²) in [6.07, 6.45) is 2.61. The zero-order valence-corrected chi connectivity index (χ0v) is 15.5. The molecule has 0 spiro atoms. The molecule has 0 atom stereocenters. The molecule has 3 rings (SSSR count). The summed E-state index contributed by atoms with van der Waals surface area (Å²) < 4.78 is 0. The molecule has 0 fully saturated rings. The third kappa shape index (κ3) is 4.27. The number of carbonyl (C=O) groups is 1. The molecule has 0 aliphatic heterocycles. The molecule has 3 aromatic rings. The minimum Gasteiger partial charge on any atom is -0.364 e. The number of nitrogens with zero attached hydrogens (tertiary/aromatic N) is 1. The SMILES string of the molecule is CCCCC(=S)ON(C(=O)c1ccc2ccccc2c1)c1ccccc1. The molecule has 0 aromatic heterocycles. The Hall–Kier alpha value is -2.72. The highest BCUT2D eigenvalue weighted by Crippen LogP contribution is 2.21. The number of amides is 1. The summed E-state index contributed by atoms with van der Waals surface area (Å²) in [5, 5.41) is 3.82. The number of hydroxylamine groups is 1. The Morgan fingerprint density at radius 1 is 0.962 bits per heavy atom. The minimum atomic E-state index is -0.235. The van der Waals surface area contributed by atoms with Crippen molar-refractivity contribution in [3.05, 3.63) is 78.4 Å². The summed E-state index contributed by atoms with van der Waals surface area (Å²) in [6, 6.07) is 22.9. The van der Waals surface area contributed by atoms with E-state index in [9.17, 15) is 4.79 Å². The topological polar surface area (TPSA) is 29.5 Å². The maximum Gasteiger partial charge on any atom is 0.291 e. The molecule has 0 unspecified atom stereocenters. The molecular formula is C22H21NO2S. The van der Waals surface area contributed by atoms with Gasteiger partial charge in [0, 0.05) is 12.0 Å². The van der Waals surface area contributed by atoms with Gasteiger partial charge in [-0.05, 0) is 53.7 Å². The first-order valence-corrected chi connectivity index (χ1v) is 9.19. The third-order valence-electron chi connectivity index (χ3n) is 4.10. The Kier molecular flexibility index (Phi) is 5.97. The van der Waals surface area contributed by atoms with Gasteiger partial charge in [-0.2, -0.15) is 0 Å². The summed E-state index contributed by atoms with van der Waals surface area (Å²) in [6.45, 7) is 2.10. The lowest BCUT2D eigenvalue weighted by Gasteiger charge is -2.23. The van der Waals surface area contributed by atoms with Crippen molar-refractivity contribution in [2.45, 2.75) is 26.2 Å². The number of para-hydroxylation sites is 1. The van der Waals surface area contributed by atoms with Gasteiger partial charge in [-0.25, -0.2) is 0 Å². The van der Waals surface area contributed by atoms with Crippen LogP contribution in [0.5, 0.6) is 0 Å². The van der Waals surface area contributed by atoms with Gasteiger partial charge < -0.3 is 4.84 Å². The molecule has 3 nitrogen and oxygen atoms in total. The second-order valence-corrected chi connectivity index (χ2v) is 6.52. The third-order valence-corrected chi connectivity index (χ3v) is 4.38. The van der Waals surface area contributed by atoms with Crippen LogP contribution in [0.25, 0.3) is 10.8 Å². The van der Waals surface area contributed by atoms with Crippen molar-refractivity contribution in [3.8, 4) is 0 Å². The first kappa shape index (κ1) is 18.1. The van der Waals surface area contributed by atoms with E-state index in [-0.39, 0.29) is 5.91 Å². The van der Waals surface area contributed by atoms with Crippen LogP contribution >= 0.6 is 12.2 Å². The number of thiocarbonyl (C=S) groups is 1. The van der Waals surface area contributed by atoms with Crippen molar-refractivity contribution in [3.63, 3.8) is 0 Å². The molecule has 0 aliphatic carbocycles. The average Bonchev–Trinajstić information content (AvgIpc) is 2.70. The maximum atomic E-state index is 13.1. The fraction of sp³-hybridized carbons (Fsp3) is 0.182. The number of rotatable bonds is 5. The van der Waals surface area contributed by atoms with E-state index in [2.05, 4.69) is 6.92 Å². The lowest BCUT2D eigenvalue weighted by Crippen LogP contribution is -2.33. The first-order chi connectivity index (χ1) is 12.7. The summed E-state index contributed by atoms with van der Waals surface area (Å²) in [5.41, 5.74) is 1.22. The van der Waals surface area contributed by atoms with Gasteiger partial charge in [-0.1, -0.05) is 61.9 Å². The molecule has 132 valence electrons. The summed E-state index contributed by atoms with van der Waals surface area (Å²) in [4.78, 5) is 18.9. The van der Waals surface area contributed by atoms with Gasteiger partial charge in [0.05, 0.1) is 5.69 Å². The van der Waals surface area contributed by atoms with Crippen molar-refractivity contribution in [2.75, 3.05) is 5.06 Å². The molecule has 0 aliphatic rings. The predicted octanol–water partition coefficient (Wildman–Crippen LogP) is 5.94. The quantitative estimate of drug-likeness (QED) is 0.415. The fourth-order valence-electron chi connectivity index (χ4n) is 2.68. The summed E-state index contributed by atoms with van der Waals surface area (Å²) in [5.74, 6) is -0.235. The highest BCUT2D eigenvalue weighted by atomic mass is 32.1. The molecule has 0 radical (unpaired) electrons. The number of carbonyl (C=O) groups excluding carboxylic acids is 1. The molecule has 0 heterocycles. The van der Waals surface area contributed by atoms with Crippen LogP contribution in [0, 0.1) is 0 Å². The van der Waals surface area contributed by atoms with Gasteiger partial charge in [0.1, 0.15) is 0 Å². The Bertz CT molecular complexity index is 908. The number of unbranched alkanes of at least 4 members (excludes halogenated alkanes) is 1. The normalized spacial score (nSPS) is 10.5. The molecule has 0 saturated heterocycles. The van der Waals surface area contributed by atoms with E-state index in [1.165, 1.54) is 5.06 Å². The van der Waals surface area contributed by atoms with Gasteiger partial charge in [0.2, 0.25) is 0 Å². The van der Waals surface area contributed by atoms with Gasteiger partial charge in [0.25, 0.3) is 5.91 Å². The number of fused-ring (bicyclic) bond motifs is 1. The zero-order valence-electron chi connectivity index (χ0n) is 14.7. The number of hydrogen-bond acceptors (Lipinski definition) is 3. The van der Waals surface area contributed by atoms with Crippen molar-refractivity contribution in [1.82, 2.24) is 0 Å². The number of benzene rings is 3. The second-order valence-electron chi connectivity index (χ2n) is 6.06. The second kappa shape index (κ2) is 8.59. The van der Waals surface area contributed by atoms with Crippen molar-refractivity contribution >= 4 is 39.6 Å². The summed E-state index contributed by atoms with van der Waals surface area (Å²) in [7, 11) is 0.